The van der Waals surface area contributed by atoms with Gasteiger partial charge in [0.2, 0.25) is 0 Å². The summed E-state index contributed by atoms with van der Waals surface area (Å²) in [6.45, 7) is 1.65. The van der Waals surface area contributed by atoms with Crippen LogP contribution in [0.15, 0.2) is 18.2 Å². The topological polar surface area (TPSA) is 78.0 Å². The van der Waals surface area contributed by atoms with Crippen molar-refractivity contribution >= 4 is 34.9 Å². The average molecular weight is 265 g/mol. The fourth-order valence-electron chi connectivity index (χ4n) is 1.05. The predicted molar refractivity (Wildman–Crippen MR) is 61.7 cm³/mol. The number of halogens is 2. The van der Waals surface area contributed by atoms with E-state index in [1.807, 2.05) is 0 Å². The fourth-order valence-corrected chi connectivity index (χ4v) is 1.35. The number of carbonyl (C=O) groups excluding carboxylic acids is 1. The van der Waals surface area contributed by atoms with E-state index in [4.69, 9.17) is 23.2 Å². The molecule has 1 aromatic carbocycles. The van der Waals surface area contributed by atoms with Crippen molar-refractivity contribution < 1.29 is 15.5 Å². The van der Waals surface area contributed by atoms with Crippen molar-refractivity contribution in [3.8, 4) is 0 Å². The molecule has 5 nitrogen and oxygen atoms in total. The van der Waals surface area contributed by atoms with Gasteiger partial charge in [-0.05, 0) is 25.1 Å². The van der Waals surface area contributed by atoms with Crippen LogP contribution in [0.2, 0.25) is 10.0 Å². The smallest absolute Gasteiger partial charge is 0.352 e. The Hall–Kier alpha value is -1.01. The zero-order chi connectivity index (χ0) is 12.1. The highest BCUT2D eigenvalue weighted by molar-refractivity contribution is 6.42. The fraction of sp³-hybridized carbons (Fsp3) is 0.222. The quantitative estimate of drug-likeness (QED) is 0.710. The Labute approximate surface area is 103 Å². The second-order valence-electron chi connectivity index (χ2n) is 3.06. The zero-order valence-electron chi connectivity index (χ0n) is 8.59. The largest absolute Gasteiger partial charge is 0.372 e. The third-order valence-electron chi connectivity index (χ3n) is 1.83. The summed E-state index contributed by atoms with van der Waals surface area (Å²) in [5.74, 6) is 2.71. The molecular formula is C9H12Cl2N3O2+. The molecule has 0 saturated heterocycles. The molecule has 0 saturated carbocycles. The van der Waals surface area contributed by atoms with Crippen LogP contribution in [0, 0.1) is 0 Å². The molecule has 88 valence electrons. The molecule has 1 atom stereocenters. The van der Waals surface area contributed by atoms with Crippen molar-refractivity contribution in [2.75, 3.05) is 5.32 Å². The molecule has 0 spiro atoms. The molecule has 1 rings (SSSR count). The number of hydrogen-bond donors (Lipinski definition) is 3. The molecule has 0 fully saturated rings. The third kappa shape index (κ3) is 3.53. The standard InChI is InChI=1S/C9H11Cl2N3O2/c1-5(9(15)16-14-12)13-6-2-3-7(10)8(11)4-6/h2-5,13-14H,12H2,1H3/p+1/t5-/m0/s1. The average Bonchev–Trinajstić information content (AvgIpc) is 2.24. The SMILES string of the molecule is C[C@H](Nc1ccc(Cl)c(Cl)c1)C(=O)ON[NH3+]. The molecule has 0 radical (unpaired) electrons. The van der Waals surface area contributed by atoms with Crippen molar-refractivity contribution in [3.05, 3.63) is 28.2 Å². The van der Waals surface area contributed by atoms with Crippen LogP contribution in [0.1, 0.15) is 6.92 Å². The van der Waals surface area contributed by atoms with E-state index >= 15 is 0 Å². The first kappa shape index (κ1) is 13.1. The van der Waals surface area contributed by atoms with Gasteiger partial charge in [-0.3, -0.25) is 0 Å². The van der Waals surface area contributed by atoms with E-state index in [1.165, 1.54) is 0 Å². The number of hydrogen-bond acceptors (Lipinski definition) is 4. The molecule has 5 N–H and O–H groups in total. The molecule has 0 bridgehead atoms. The van der Waals surface area contributed by atoms with Gasteiger partial charge in [0.05, 0.1) is 10.0 Å². The summed E-state index contributed by atoms with van der Waals surface area (Å²) < 4.78 is 0. The lowest BCUT2D eigenvalue weighted by atomic mass is 10.2. The maximum Gasteiger partial charge on any atom is 0.352 e. The summed E-state index contributed by atoms with van der Waals surface area (Å²) in [5.41, 5.74) is 2.75. The minimum Gasteiger partial charge on any atom is -0.372 e. The number of rotatable bonds is 4. The number of nitrogens with one attached hydrogen (secondary N) is 2. The van der Waals surface area contributed by atoms with Crippen LogP contribution in [-0.2, 0) is 9.63 Å². The maximum atomic E-state index is 11.3. The van der Waals surface area contributed by atoms with Crippen molar-refractivity contribution in [2.45, 2.75) is 13.0 Å². The van der Waals surface area contributed by atoms with E-state index in [0.717, 1.165) is 0 Å². The lowest BCUT2D eigenvalue weighted by Crippen LogP contribution is -2.65. The summed E-state index contributed by atoms with van der Waals surface area (Å²) in [6, 6.07) is 4.47. The van der Waals surface area contributed by atoms with Crippen LogP contribution in [0.5, 0.6) is 0 Å². The highest BCUT2D eigenvalue weighted by Crippen LogP contribution is 2.25. The Balaban J connectivity index is 2.66. The molecule has 0 aromatic heterocycles. The van der Waals surface area contributed by atoms with Gasteiger partial charge < -0.3 is 10.2 Å². The highest BCUT2D eigenvalue weighted by atomic mass is 35.5. The summed E-state index contributed by atoms with van der Waals surface area (Å²) in [5, 5.41) is 3.79. The van der Waals surface area contributed by atoms with Gasteiger partial charge in [-0.2, -0.15) is 0 Å². The van der Waals surface area contributed by atoms with Crippen LogP contribution >= 0.6 is 23.2 Å². The van der Waals surface area contributed by atoms with E-state index in [2.05, 4.69) is 21.6 Å². The Morgan fingerprint density at radius 3 is 2.69 bits per heavy atom. The van der Waals surface area contributed by atoms with Gasteiger partial charge in [0, 0.05) is 11.3 Å². The normalized spacial score (nSPS) is 12.0. The lowest BCUT2D eigenvalue weighted by molar-refractivity contribution is -0.512. The molecule has 16 heavy (non-hydrogen) atoms. The number of benzene rings is 1. The minimum absolute atomic E-state index is 0.419. The molecule has 0 unspecified atom stereocenters. The van der Waals surface area contributed by atoms with Gasteiger partial charge in [-0.25, -0.2) is 10.6 Å². The molecule has 7 heteroatoms. The number of anilines is 1. The van der Waals surface area contributed by atoms with E-state index in [1.54, 1.807) is 25.1 Å². The van der Waals surface area contributed by atoms with Crippen LogP contribution in [0.25, 0.3) is 0 Å². The summed E-state index contributed by atoms with van der Waals surface area (Å²) in [7, 11) is 0. The third-order valence-corrected chi connectivity index (χ3v) is 2.57. The van der Waals surface area contributed by atoms with Crippen LogP contribution in [0.4, 0.5) is 5.69 Å². The first-order valence-corrected chi connectivity index (χ1v) is 5.24. The van der Waals surface area contributed by atoms with Crippen molar-refractivity contribution in [3.63, 3.8) is 0 Å². The Kier molecular flexibility index (Phi) is 4.82. The second kappa shape index (κ2) is 5.91. The first-order valence-electron chi connectivity index (χ1n) is 4.49. The van der Waals surface area contributed by atoms with E-state index in [0.29, 0.717) is 15.7 Å². The molecule has 0 aliphatic rings. The van der Waals surface area contributed by atoms with Crippen LogP contribution in [0.3, 0.4) is 0 Å². The molecule has 0 heterocycles. The van der Waals surface area contributed by atoms with E-state index in [-0.39, 0.29) is 0 Å². The maximum absolute atomic E-state index is 11.3. The Bertz CT molecular complexity index is 387. The summed E-state index contributed by atoms with van der Waals surface area (Å²) in [4.78, 5) is 15.8. The molecule has 1 aromatic rings. The highest BCUT2D eigenvalue weighted by Gasteiger charge is 2.14. The molecule has 0 aliphatic heterocycles. The van der Waals surface area contributed by atoms with Gasteiger partial charge in [-0.1, -0.05) is 23.2 Å². The summed E-state index contributed by atoms with van der Waals surface area (Å²) >= 11 is 11.6. The van der Waals surface area contributed by atoms with Gasteiger partial charge in [0.15, 0.2) is 0 Å². The second-order valence-corrected chi connectivity index (χ2v) is 3.87. The molecule has 0 aliphatic carbocycles. The molecular weight excluding hydrogens is 253 g/mol. The van der Waals surface area contributed by atoms with Gasteiger partial charge in [0.1, 0.15) is 6.04 Å². The van der Waals surface area contributed by atoms with E-state index in [9.17, 15) is 4.79 Å². The van der Waals surface area contributed by atoms with Crippen molar-refractivity contribution in [1.29, 1.82) is 0 Å². The van der Waals surface area contributed by atoms with Crippen LogP contribution in [-0.4, -0.2) is 12.0 Å². The Morgan fingerprint density at radius 1 is 1.44 bits per heavy atom. The Morgan fingerprint density at radius 2 is 2.12 bits per heavy atom. The van der Waals surface area contributed by atoms with Crippen molar-refractivity contribution in [1.82, 2.24) is 5.59 Å². The van der Waals surface area contributed by atoms with E-state index < -0.39 is 12.0 Å². The summed E-state index contributed by atoms with van der Waals surface area (Å²) in [6.07, 6.45) is 0. The number of quaternary nitrogens is 1. The van der Waals surface area contributed by atoms with Gasteiger partial charge in [0.25, 0.3) is 0 Å². The molecule has 0 amide bonds. The lowest BCUT2D eigenvalue weighted by Gasteiger charge is -2.13. The van der Waals surface area contributed by atoms with Crippen molar-refractivity contribution in [2.24, 2.45) is 0 Å². The minimum atomic E-state index is -0.522. The first-order chi connectivity index (χ1) is 7.54. The number of carbonyl (C=O) groups is 1. The zero-order valence-corrected chi connectivity index (χ0v) is 10.1. The van der Waals surface area contributed by atoms with Gasteiger partial charge in [-0.15, -0.1) is 0 Å². The van der Waals surface area contributed by atoms with Gasteiger partial charge >= 0.3 is 5.97 Å². The van der Waals surface area contributed by atoms with Crippen LogP contribution < -0.4 is 16.7 Å². The predicted octanol–water partition coefficient (Wildman–Crippen LogP) is 0.998. The monoisotopic (exact) mass is 264 g/mol.